The van der Waals surface area contributed by atoms with Gasteiger partial charge in [0.2, 0.25) is 5.91 Å². The summed E-state index contributed by atoms with van der Waals surface area (Å²) in [6.07, 6.45) is 1.71. The summed E-state index contributed by atoms with van der Waals surface area (Å²) in [5.41, 5.74) is 0.826. The fourth-order valence-electron chi connectivity index (χ4n) is 2.20. The molecule has 3 rings (SSSR count). The molecule has 3 aromatic rings. The minimum Gasteiger partial charge on any atom is -0.357 e. The number of pyridine rings is 1. The summed E-state index contributed by atoms with van der Waals surface area (Å²) < 4.78 is 1.20. The van der Waals surface area contributed by atoms with Crippen LogP contribution in [0.1, 0.15) is 11.7 Å². The van der Waals surface area contributed by atoms with Crippen LogP contribution in [0, 0.1) is 0 Å². The highest BCUT2D eigenvalue weighted by atomic mass is 16.2. The SMILES string of the molecule is CC(=O)n1c(=O)c2[nH]ccc2c2ccccc21. The maximum absolute atomic E-state index is 12.2. The molecule has 84 valence electrons. The molecule has 2 aromatic heterocycles. The molecule has 0 spiro atoms. The molecule has 4 nitrogen and oxygen atoms in total. The van der Waals surface area contributed by atoms with Gasteiger partial charge in [0.25, 0.3) is 5.56 Å². The van der Waals surface area contributed by atoms with Crippen molar-refractivity contribution in [2.24, 2.45) is 0 Å². The molecule has 4 heteroatoms. The lowest BCUT2D eigenvalue weighted by Gasteiger charge is -2.07. The van der Waals surface area contributed by atoms with Crippen LogP contribution in [0.15, 0.2) is 41.3 Å². The fourth-order valence-corrected chi connectivity index (χ4v) is 2.20. The van der Waals surface area contributed by atoms with Crippen molar-refractivity contribution in [3.05, 3.63) is 46.9 Å². The van der Waals surface area contributed by atoms with Gasteiger partial charge in [-0.05, 0) is 12.1 Å². The predicted octanol–water partition coefficient (Wildman–Crippen LogP) is 2.14. The molecular weight excluding hydrogens is 216 g/mol. The Morgan fingerprint density at radius 1 is 1.18 bits per heavy atom. The first kappa shape index (κ1) is 9.84. The van der Waals surface area contributed by atoms with Crippen LogP contribution in [0.3, 0.4) is 0 Å². The zero-order chi connectivity index (χ0) is 12.0. The summed E-state index contributed by atoms with van der Waals surface area (Å²) in [5, 5.41) is 1.75. The van der Waals surface area contributed by atoms with Gasteiger partial charge in [0.05, 0.1) is 5.52 Å². The van der Waals surface area contributed by atoms with Crippen molar-refractivity contribution in [3.8, 4) is 0 Å². The van der Waals surface area contributed by atoms with E-state index < -0.39 is 0 Å². The Morgan fingerprint density at radius 3 is 2.71 bits per heavy atom. The molecule has 0 saturated carbocycles. The van der Waals surface area contributed by atoms with E-state index in [0.717, 1.165) is 10.8 Å². The maximum atomic E-state index is 12.2. The number of benzene rings is 1. The monoisotopic (exact) mass is 226 g/mol. The van der Waals surface area contributed by atoms with E-state index in [9.17, 15) is 9.59 Å². The third-order valence-corrected chi connectivity index (χ3v) is 2.91. The van der Waals surface area contributed by atoms with Crippen molar-refractivity contribution in [2.75, 3.05) is 0 Å². The van der Waals surface area contributed by atoms with Gasteiger partial charge in [-0.1, -0.05) is 18.2 Å². The number of hydrogen-bond donors (Lipinski definition) is 1. The van der Waals surface area contributed by atoms with Crippen molar-refractivity contribution < 1.29 is 4.79 Å². The highest BCUT2D eigenvalue weighted by Crippen LogP contribution is 2.21. The molecule has 0 amide bonds. The third kappa shape index (κ3) is 1.24. The molecule has 0 bridgehead atoms. The van der Waals surface area contributed by atoms with Gasteiger partial charge in [0.1, 0.15) is 5.52 Å². The highest BCUT2D eigenvalue weighted by molar-refractivity contribution is 6.07. The van der Waals surface area contributed by atoms with Crippen LogP contribution in [-0.2, 0) is 0 Å². The summed E-state index contributed by atoms with van der Waals surface area (Å²) in [5.74, 6) is -0.275. The molecule has 0 unspecified atom stereocenters. The minimum absolute atomic E-state index is 0.275. The Kier molecular flexibility index (Phi) is 1.92. The number of H-pyrrole nitrogens is 1. The van der Waals surface area contributed by atoms with E-state index in [0.29, 0.717) is 11.0 Å². The Labute approximate surface area is 96.5 Å². The molecular formula is C13H10N2O2. The minimum atomic E-state index is -0.295. The first-order valence-corrected chi connectivity index (χ1v) is 5.32. The van der Waals surface area contributed by atoms with Crippen molar-refractivity contribution in [3.63, 3.8) is 0 Å². The predicted molar refractivity (Wildman–Crippen MR) is 66.4 cm³/mol. The number of rotatable bonds is 0. The van der Waals surface area contributed by atoms with Crippen molar-refractivity contribution in [1.29, 1.82) is 0 Å². The van der Waals surface area contributed by atoms with Crippen molar-refractivity contribution >= 4 is 27.7 Å². The second-order valence-electron chi connectivity index (χ2n) is 3.94. The number of nitrogens with one attached hydrogen (secondary N) is 1. The third-order valence-electron chi connectivity index (χ3n) is 2.91. The van der Waals surface area contributed by atoms with E-state index in [-0.39, 0.29) is 11.5 Å². The summed E-state index contributed by atoms with van der Waals surface area (Å²) in [6, 6.07) is 9.25. The van der Waals surface area contributed by atoms with Crippen molar-refractivity contribution in [1.82, 2.24) is 9.55 Å². The molecule has 1 aromatic carbocycles. The quantitative estimate of drug-likeness (QED) is 0.638. The smallest absolute Gasteiger partial charge is 0.282 e. The number of fused-ring (bicyclic) bond motifs is 3. The van der Waals surface area contributed by atoms with E-state index in [1.54, 1.807) is 12.3 Å². The fraction of sp³-hybridized carbons (Fsp3) is 0.0769. The Bertz CT molecular complexity index is 796. The van der Waals surface area contributed by atoms with Gasteiger partial charge >= 0.3 is 0 Å². The van der Waals surface area contributed by atoms with Crippen LogP contribution in [-0.4, -0.2) is 15.5 Å². The number of nitrogens with zero attached hydrogens (tertiary/aromatic N) is 1. The Balaban J connectivity index is 2.72. The second kappa shape index (κ2) is 3.31. The molecule has 0 fully saturated rings. The van der Waals surface area contributed by atoms with Crippen LogP contribution in [0.2, 0.25) is 0 Å². The van der Waals surface area contributed by atoms with Crippen LogP contribution in [0.25, 0.3) is 21.8 Å². The normalized spacial score (nSPS) is 11.1. The number of aromatic nitrogens is 2. The standard InChI is InChI=1S/C13H10N2O2/c1-8(16)15-11-5-3-2-4-9(11)10-6-7-14-12(10)13(15)17/h2-7,14H,1H3. The molecule has 0 aliphatic carbocycles. The number of aromatic amines is 1. The van der Waals surface area contributed by atoms with Gasteiger partial charge in [-0.2, -0.15) is 0 Å². The Morgan fingerprint density at radius 2 is 1.94 bits per heavy atom. The van der Waals surface area contributed by atoms with Gasteiger partial charge in [-0.15, -0.1) is 0 Å². The van der Waals surface area contributed by atoms with E-state index in [2.05, 4.69) is 4.98 Å². The summed E-state index contributed by atoms with van der Waals surface area (Å²) >= 11 is 0. The molecule has 0 aliphatic heterocycles. The topological polar surface area (TPSA) is 54.9 Å². The average molecular weight is 226 g/mol. The van der Waals surface area contributed by atoms with Gasteiger partial charge < -0.3 is 4.98 Å². The lowest BCUT2D eigenvalue weighted by Crippen LogP contribution is -2.25. The van der Waals surface area contributed by atoms with E-state index in [1.807, 2.05) is 24.3 Å². The largest absolute Gasteiger partial charge is 0.357 e. The molecule has 0 atom stereocenters. The van der Waals surface area contributed by atoms with Crippen LogP contribution < -0.4 is 5.56 Å². The first-order chi connectivity index (χ1) is 8.20. The average Bonchev–Trinajstić information content (AvgIpc) is 2.78. The number of carbonyl (C=O) groups is 1. The van der Waals surface area contributed by atoms with Crippen LogP contribution >= 0.6 is 0 Å². The van der Waals surface area contributed by atoms with Gasteiger partial charge in [0, 0.05) is 23.9 Å². The van der Waals surface area contributed by atoms with E-state index in [4.69, 9.17) is 0 Å². The highest BCUT2D eigenvalue weighted by Gasteiger charge is 2.13. The molecule has 0 aliphatic rings. The van der Waals surface area contributed by atoms with Gasteiger partial charge in [0.15, 0.2) is 0 Å². The summed E-state index contributed by atoms with van der Waals surface area (Å²) in [6.45, 7) is 1.39. The lowest BCUT2D eigenvalue weighted by atomic mass is 10.1. The maximum Gasteiger partial charge on any atom is 0.282 e. The number of hydrogen-bond acceptors (Lipinski definition) is 2. The number of para-hydroxylation sites is 1. The van der Waals surface area contributed by atoms with Gasteiger partial charge in [-0.3, -0.25) is 9.59 Å². The molecule has 0 saturated heterocycles. The van der Waals surface area contributed by atoms with Gasteiger partial charge in [-0.25, -0.2) is 4.57 Å². The molecule has 2 heterocycles. The summed E-state index contributed by atoms with van der Waals surface area (Å²) in [4.78, 5) is 26.6. The first-order valence-electron chi connectivity index (χ1n) is 5.32. The lowest BCUT2D eigenvalue weighted by molar-refractivity contribution is 0.0938. The second-order valence-corrected chi connectivity index (χ2v) is 3.94. The van der Waals surface area contributed by atoms with Crippen molar-refractivity contribution in [2.45, 2.75) is 6.92 Å². The molecule has 0 radical (unpaired) electrons. The molecule has 17 heavy (non-hydrogen) atoms. The Hall–Kier alpha value is -2.36. The zero-order valence-corrected chi connectivity index (χ0v) is 9.23. The van der Waals surface area contributed by atoms with E-state index in [1.165, 1.54) is 11.5 Å². The number of carbonyl (C=O) groups excluding carboxylic acids is 1. The van der Waals surface area contributed by atoms with Crippen LogP contribution in [0.4, 0.5) is 0 Å². The van der Waals surface area contributed by atoms with Crippen LogP contribution in [0.5, 0.6) is 0 Å². The zero-order valence-electron chi connectivity index (χ0n) is 9.23. The van der Waals surface area contributed by atoms with E-state index >= 15 is 0 Å². The summed E-state index contributed by atoms with van der Waals surface area (Å²) in [7, 11) is 0. The molecule has 1 N–H and O–H groups in total.